The van der Waals surface area contributed by atoms with Gasteiger partial charge in [-0.3, -0.25) is 4.79 Å². The highest BCUT2D eigenvalue weighted by molar-refractivity contribution is 6.31. The van der Waals surface area contributed by atoms with Crippen molar-refractivity contribution in [2.45, 2.75) is 32.2 Å². The van der Waals surface area contributed by atoms with Gasteiger partial charge in [-0.05, 0) is 79.3 Å². The van der Waals surface area contributed by atoms with Crippen molar-refractivity contribution in [3.05, 3.63) is 100 Å². The molecular weight excluding hydrogens is 446 g/mol. The Bertz CT molecular complexity index is 1240. The van der Waals surface area contributed by atoms with Crippen LogP contribution in [0.4, 0.5) is 0 Å². The smallest absolute Gasteiger partial charge is 0.251 e. The summed E-state index contributed by atoms with van der Waals surface area (Å²) in [4.78, 5) is 16.1. The maximum atomic E-state index is 12.8. The lowest BCUT2D eigenvalue weighted by Gasteiger charge is -2.12. The first-order valence-corrected chi connectivity index (χ1v) is 12.1. The Morgan fingerprint density at radius 1 is 0.912 bits per heavy atom. The lowest BCUT2D eigenvalue weighted by Crippen LogP contribution is -2.27. The molecule has 0 aliphatic heterocycles. The molecule has 5 nitrogen and oxygen atoms in total. The van der Waals surface area contributed by atoms with Gasteiger partial charge in [0.1, 0.15) is 5.75 Å². The van der Waals surface area contributed by atoms with Crippen molar-refractivity contribution >= 4 is 28.4 Å². The number of rotatable bonds is 11. The number of hydrogen-bond acceptors (Lipinski definition) is 3. The van der Waals surface area contributed by atoms with E-state index in [9.17, 15) is 9.90 Å². The second kappa shape index (κ2) is 11.7. The summed E-state index contributed by atoms with van der Waals surface area (Å²) in [6, 6.07) is 21.2. The Morgan fingerprint density at radius 2 is 1.76 bits per heavy atom. The molecule has 1 heterocycles. The molecule has 4 rings (SSSR count). The van der Waals surface area contributed by atoms with E-state index >= 15 is 0 Å². The highest BCUT2D eigenvalue weighted by Gasteiger charge is 2.12. The number of carbonyl (C=O) groups excluding carboxylic acids is 1. The largest absolute Gasteiger partial charge is 0.508 e. The molecule has 0 spiro atoms. The van der Waals surface area contributed by atoms with Crippen LogP contribution in [0.15, 0.2) is 72.9 Å². The maximum absolute atomic E-state index is 12.8. The number of fused-ring (bicyclic) bond motifs is 1. The average molecular weight is 476 g/mol. The fourth-order valence-electron chi connectivity index (χ4n) is 4.13. The Balaban J connectivity index is 1.26. The molecule has 3 aromatic carbocycles. The van der Waals surface area contributed by atoms with E-state index in [0.717, 1.165) is 54.3 Å². The van der Waals surface area contributed by atoms with Crippen LogP contribution in [0.2, 0.25) is 5.02 Å². The number of unbranched alkanes of at least 4 members (excludes halogenated alkanes) is 1. The Kier molecular flexibility index (Phi) is 8.23. The van der Waals surface area contributed by atoms with Crippen molar-refractivity contribution in [2.24, 2.45) is 0 Å². The molecule has 4 aromatic rings. The summed E-state index contributed by atoms with van der Waals surface area (Å²) in [6.45, 7) is 1.95. The number of aromatic nitrogens is 1. The molecule has 0 unspecified atom stereocenters. The SMILES string of the molecule is O=C(NCCCCc1ccccc1)c1cc(Cl)ccc1CNCCc1c[nH]c2ccc(O)cc12. The van der Waals surface area contributed by atoms with Crippen molar-refractivity contribution < 1.29 is 9.90 Å². The number of phenolic OH excluding ortho intramolecular Hbond substituents is 1. The van der Waals surface area contributed by atoms with Gasteiger partial charge in [0.05, 0.1) is 0 Å². The number of phenols is 1. The van der Waals surface area contributed by atoms with Gasteiger partial charge in [0.25, 0.3) is 5.91 Å². The third kappa shape index (κ3) is 6.40. The standard InChI is InChI=1S/C28H30ClN3O2/c29-23-10-9-21(18-30-15-13-22-19-32-27-12-11-24(33)17-25(22)27)26(16-23)28(34)31-14-5-4-8-20-6-2-1-3-7-20/h1-3,6-7,9-12,16-17,19,30,32-33H,4-5,8,13-15,18H2,(H,31,34). The van der Waals surface area contributed by atoms with Crippen LogP contribution in [0.1, 0.15) is 39.9 Å². The summed E-state index contributed by atoms with van der Waals surface area (Å²) >= 11 is 6.19. The van der Waals surface area contributed by atoms with Gasteiger partial charge in [-0.2, -0.15) is 0 Å². The van der Waals surface area contributed by atoms with Crippen LogP contribution in [0.5, 0.6) is 5.75 Å². The number of benzene rings is 3. The van der Waals surface area contributed by atoms with Gasteiger partial charge < -0.3 is 20.7 Å². The molecule has 1 aromatic heterocycles. The summed E-state index contributed by atoms with van der Waals surface area (Å²) in [5.41, 5.74) is 5.00. The molecule has 0 fully saturated rings. The molecule has 6 heteroatoms. The molecule has 0 atom stereocenters. The van der Waals surface area contributed by atoms with Crippen LogP contribution in [-0.2, 0) is 19.4 Å². The Labute approximate surface area is 205 Å². The van der Waals surface area contributed by atoms with Crippen LogP contribution in [0.25, 0.3) is 10.9 Å². The minimum Gasteiger partial charge on any atom is -0.508 e. The zero-order valence-electron chi connectivity index (χ0n) is 19.1. The van der Waals surface area contributed by atoms with Crippen molar-refractivity contribution in [1.82, 2.24) is 15.6 Å². The third-order valence-electron chi connectivity index (χ3n) is 5.97. The van der Waals surface area contributed by atoms with E-state index < -0.39 is 0 Å². The number of H-pyrrole nitrogens is 1. The van der Waals surface area contributed by atoms with Crippen LogP contribution >= 0.6 is 11.6 Å². The number of aromatic hydroxyl groups is 1. The summed E-state index contributed by atoms with van der Waals surface area (Å²) in [6.07, 6.45) is 5.75. The molecular formula is C28H30ClN3O2. The number of halogens is 1. The van der Waals surface area contributed by atoms with Gasteiger partial charge in [0, 0.05) is 40.8 Å². The summed E-state index contributed by atoms with van der Waals surface area (Å²) < 4.78 is 0. The van der Waals surface area contributed by atoms with Crippen LogP contribution in [-0.4, -0.2) is 29.1 Å². The topological polar surface area (TPSA) is 77.2 Å². The van der Waals surface area contributed by atoms with Crippen LogP contribution in [0, 0.1) is 0 Å². The van der Waals surface area contributed by atoms with Gasteiger partial charge in [-0.15, -0.1) is 0 Å². The van der Waals surface area contributed by atoms with Gasteiger partial charge >= 0.3 is 0 Å². The highest BCUT2D eigenvalue weighted by Crippen LogP contribution is 2.23. The van der Waals surface area contributed by atoms with Crippen molar-refractivity contribution in [1.29, 1.82) is 0 Å². The highest BCUT2D eigenvalue weighted by atomic mass is 35.5. The molecule has 0 aliphatic carbocycles. The minimum absolute atomic E-state index is 0.0916. The van der Waals surface area contributed by atoms with E-state index in [4.69, 9.17) is 11.6 Å². The normalized spacial score (nSPS) is 11.1. The van der Waals surface area contributed by atoms with E-state index in [0.29, 0.717) is 23.7 Å². The monoisotopic (exact) mass is 475 g/mol. The number of hydrogen-bond donors (Lipinski definition) is 4. The van der Waals surface area contributed by atoms with E-state index in [1.807, 2.05) is 30.5 Å². The molecule has 0 aliphatic rings. The van der Waals surface area contributed by atoms with Crippen molar-refractivity contribution in [2.75, 3.05) is 13.1 Å². The molecule has 4 N–H and O–H groups in total. The van der Waals surface area contributed by atoms with E-state index in [-0.39, 0.29) is 11.7 Å². The number of aryl methyl sites for hydroxylation is 1. The first-order valence-electron chi connectivity index (χ1n) is 11.7. The molecule has 34 heavy (non-hydrogen) atoms. The summed E-state index contributed by atoms with van der Waals surface area (Å²) in [5, 5.41) is 17.8. The first-order chi connectivity index (χ1) is 16.6. The zero-order valence-corrected chi connectivity index (χ0v) is 19.9. The summed E-state index contributed by atoms with van der Waals surface area (Å²) in [5.74, 6) is 0.171. The van der Waals surface area contributed by atoms with Gasteiger partial charge in [0.2, 0.25) is 0 Å². The predicted octanol–water partition coefficient (Wildman–Crippen LogP) is 5.61. The third-order valence-corrected chi connectivity index (χ3v) is 6.21. The van der Waals surface area contributed by atoms with Crippen LogP contribution < -0.4 is 10.6 Å². The number of amides is 1. The van der Waals surface area contributed by atoms with E-state index in [1.165, 1.54) is 5.56 Å². The molecule has 0 saturated carbocycles. The molecule has 1 amide bonds. The van der Waals surface area contributed by atoms with Crippen LogP contribution in [0.3, 0.4) is 0 Å². The first kappa shape index (κ1) is 23.9. The lowest BCUT2D eigenvalue weighted by molar-refractivity contribution is 0.0952. The fourth-order valence-corrected chi connectivity index (χ4v) is 4.30. The van der Waals surface area contributed by atoms with Gasteiger partial charge in [0.15, 0.2) is 0 Å². The fraction of sp³-hybridized carbons (Fsp3) is 0.250. The van der Waals surface area contributed by atoms with Crippen molar-refractivity contribution in [3.8, 4) is 5.75 Å². The second-order valence-electron chi connectivity index (χ2n) is 8.47. The van der Waals surface area contributed by atoms with Gasteiger partial charge in [-0.1, -0.05) is 48.0 Å². The minimum atomic E-state index is -0.0916. The average Bonchev–Trinajstić information content (AvgIpc) is 3.24. The van der Waals surface area contributed by atoms with Gasteiger partial charge in [-0.25, -0.2) is 0 Å². The Morgan fingerprint density at radius 3 is 2.62 bits per heavy atom. The quantitative estimate of drug-likeness (QED) is 0.213. The zero-order chi connectivity index (χ0) is 23.8. The number of nitrogens with one attached hydrogen (secondary N) is 3. The molecule has 176 valence electrons. The molecule has 0 bridgehead atoms. The van der Waals surface area contributed by atoms with Crippen molar-refractivity contribution in [3.63, 3.8) is 0 Å². The maximum Gasteiger partial charge on any atom is 0.251 e. The van der Waals surface area contributed by atoms with E-state index in [2.05, 4.69) is 39.9 Å². The second-order valence-corrected chi connectivity index (χ2v) is 8.91. The van der Waals surface area contributed by atoms with E-state index in [1.54, 1.807) is 18.2 Å². The number of carbonyl (C=O) groups is 1. The number of aromatic amines is 1. The molecule has 0 saturated heterocycles. The Hall–Kier alpha value is -3.28. The lowest BCUT2D eigenvalue weighted by atomic mass is 10.1. The molecule has 0 radical (unpaired) electrons. The summed E-state index contributed by atoms with van der Waals surface area (Å²) in [7, 11) is 0. The predicted molar refractivity (Wildman–Crippen MR) is 139 cm³/mol.